The van der Waals surface area contributed by atoms with Crippen molar-refractivity contribution >= 4 is 21.8 Å². The molecule has 98 valence electrons. The number of para-hydroxylation sites is 1. The Morgan fingerprint density at radius 1 is 1.39 bits per heavy atom. The van der Waals surface area contributed by atoms with Gasteiger partial charge in [0.05, 0.1) is 7.11 Å². The van der Waals surface area contributed by atoms with Crippen LogP contribution in [0.4, 0.5) is 0 Å². The summed E-state index contributed by atoms with van der Waals surface area (Å²) in [4.78, 5) is 0.282. The van der Waals surface area contributed by atoms with E-state index < -0.39 is 10.0 Å². The highest BCUT2D eigenvalue weighted by Gasteiger charge is 2.45. The largest absolute Gasteiger partial charge is 0.495 e. The molecule has 2 unspecified atom stereocenters. The van der Waals surface area contributed by atoms with E-state index in [0.29, 0.717) is 17.5 Å². The van der Waals surface area contributed by atoms with Gasteiger partial charge >= 0.3 is 0 Å². The number of hydrogen-bond donors (Lipinski definition) is 0. The van der Waals surface area contributed by atoms with Gasteiger partial charge in [0, 0.05) is 23.6 Å². The van der Waals surface area contributed by atoms with Gasteiger partial charge in [0.2, 0.25) is 10.0 Å². The highest BCUT2D eigenvalue weighted by molar-refractivity contribution is 8.00. The number of fused-ring (bicyclic) bond motifs is 2. The van der Waals surface area contributed by atoms with Crippen LogP contribution in [-0.2, 0) is 10.0 Å². The van der Waals surface area contributed by atoms with E-state index in [0.717, 1.165) is 12.2 Å². The second kappa shape index (κ2) is 4.43. The summed E-state index contributed by atoms with van der Waals surface area (Å²) in [7, 11) is -1.92. The Kier molecular flexibility index (Phi) is 3.03. The van der Waals surface area contributed by atoms with Gasteiger partial charge in [0.15, 0.2) is 0 Å². The number of methoxy groups -OCH3 is 1. The summed E-state index contributed by atoms with van der Waals surface area (Å²) >= 11 is 1.88. The lowest BCUT2D eigenvalue weighted by Gasteiger charge is -2.26. The Labute approximate surface area is 111 Å². The zero-order chi connectivity index (χ0) is 12.8. The monoisotopic (exact) mass is 285 g/mol. The summed E-state index contributed by atoms with van der Waals surface area (Å²) in [5.74, 6) is 1.34. The molecule has 0 aromatic heterocycles. The van der Waals surface area contributed by atoms with Crippen molar-refractivity contribution in [1.82, 2.24) is 4.31 Å². The molecule has 2 fully saturated rings. The first-order chi connectivity index (χ1) is 8.63. The van der Waals surface area contributed by atoms with Gasteiger partial charge in [-0.1, -0.05) is 12.1 Å². The van der Waals surface area contributed by atoms with Crippen LogP contribution in [-0.4, -0.2) is 43.4 Å². The maximum Gasteiger partial charge on any atom is 0.247 e. The molecule has 6 heteroatoms. The van der Waals surface area contributed by atoms with Crippen LogP contribution in [0.5, 0.6) is 5.75 Å². The SMILES string of the molecule is COc1ccccc1S(=O)(=O)N1CC2CC1CS2. The summed E-state index contributed by atoms with van der Waals surface area (Å²) in [6.07, 6.45) is 0.985. The van der Waals surface area contributed by atoms with Crippen molar-refractivity contribution < 1.29 is 13.2 Å². The molecule has 0 N–H and O–H groups in total. The number of thioether (sulfide) groups is 1. The third kappa shape index (κ3) is 1.83. The number of sulfonamides is 1. The third-order valence-corrected chi connectivity index (χ3v) is 6.85. The van der Waals surface area contributed by atoms with E-state index in [-0.39, 0.29) is 10.9 Å². The molecule has 0 aliphatic carbocycles. The quantitative estimate of drug-likeness (QED) is 0.846. The van der Waals surface area contributed by atoms with Gasteiger partial charge in [0.25, 0.3) is 0 Å². The zero-order valence-corrected chi connectivity index (χ0v) is 11.7. The lowest BCUT2D eigenvalue weighted by Crippen LogP contribution is -2.39. The molecule has 2 aliphatic rings. The summed E-state index contributed by atoms with van der Waals surface area (Å²) in [5.41, 5.74) is 0. The Balaban J connectivity index is 2.00. The number of rotatable bonds is 3. The first-order valence-electron chi connectivity index (χ1n) is 5.89. The van der Waals surface area contributed by atoms with E-state index in [4.69, 9.17) is 4.74 Å². The molecule has 18 heavy (non-hydrogen) atoms. The molecule has 0 saturated carbocycles. The maximum absolute atomic E-state index is 12.6. The fraction of sp³-hybridized carbons (Fsp3) is 0.500. The number of nitrogens with zero attached hydrogens (tertiary/aromatic N) is 1. The smallest absolute Gasteiger partial charge is 0.247 e. The average Bonchev–Trinajstić information content (AvgIpc) is 3.01. The number of ether oxygens (including phenoxy) is 1. The number of hydrogen-bond acceptors (Lipinski definition) is 4. The van der Waals surface area contributed by atoms with E-state index in [2.05, 4.69) is 0 Å². The Bertz CT molecular complexity index is 558. The van der Waals surface area contributed by atoms with Crippen molar-refractivity contribution in [3.05, 3.63) is 24.3 Å². The van der Waals surface area contributed by atoms with Gasteiger partial charge in [-0.25, -0.2) is 8.42 Å². The molecule has 2 bridgehead atoms. The Morgan fingerprint density at radius 3 is 2.78 bits per heavy atom. The van der Waals surface area contributed by atoms with Gasteiger partial charge < -0.3 is 4.74 Å². The van der Waals surface area contributed by atoms with Crippen LogP contribution in [0.2, 0.25) is 0 Å². The van der Waals surface area contributed by atoms with Gasteiger partial charge in [-0.05, 0) is 18.6 Å². The van der Waals surface area contributed by atoms with E-state index in [1.807, 2.05) is 11.8 Å². The molecular weight excluding hydrogens is 270 g/mol. The molecule has 4 nitrogen and oxygen atoms in total. The first kappa shape index (κ1) is 12.3. The first-order valence-corrected chi connectivity index (χ1v) is 8.38. The predicted octanol–water partition coefficient (Wildman–Crippen LogP) is 1.57. The topological polar surface area (TPSA) is 46.6 Å². The zero-order valence-electron chi connectivity index (χ0n) is 10.1. The normalized spacial score (nSPS) is 27.6. The van der Waals surface area contributed by atoms with Gasteiger partial charge in [-0.2, -0.15) is 16.1 Å². The molecule has 2 atom stereocenters. The molecular formula is C12H15NO3S2. The van der Waals surface area contributed by atoms with E-state index in [1.165, 1.54) is 7.11 Å². The van der Waals surface area contributed by atoms with Crippen molar-refractivity contribution in [2.24, 2.45) is 0 Å². The van der Waals surface area contributed by atoms with E-state index >= 15 is 0 Å². The van der Waals surface area contributed by atoms with Crippen molar-refractivity contribution in [1.29, 1.82) is 0 Å². The van der Waals surface area contributed by atoms with Crippen LogP contribution in [0.1, 0.15) is 6.42 Å². The standard InChI is InChI=1S/C12H15NO3S2/c1-16-11-4-2-3-5-12(11)18(14,15)13-7-10-6-9(13)8-17-10/h2-5,9-10H,6-8H2,1H3. The minimum absolute atomic E-state index is 0.162. The predicted molar refractivity (Wildman–Crippen MR) is 71.5 cm³/mol. The lowest BCUT2D eigenvalue weighted by molar-refractivity contribution is 0.387. The van der Waals surface area contributed by atoms with Crippen LogP contribution in [0.3, 0.4) is 0 Å². The fourth-order valence-corrected chi connectivity index (χ4v) is 6.08. The summed E-state index contributed by atoms with van der Waals surface area (Å²) in [6, 6.07) is 6.99. The van der Waals surface area contributed by atoms with Crippen LogP contribution >= 0.6 is 11.8 Å². The van der Waals surface area contributed by atoms with Crippen molar-refractivity contribution in [2.75, 3.05) is 19.4 Å². The molecule has 0 amide bonds. The van der Waals surface area contributed by atoms with Crippen LogP contribution < -0.4 is 4.74 Å². The molecule has 3 rings (SSSR count). The molecule has 1 aromatic carbocycles. The minimum Gasteiger partial charge on any atom is -0.495 e. The second-order valence-electron chi connectivity index (χ2n) is 4.57. The van der Waals surface area contributed by atoms with Crippen LogP contribution in [0, 0.1) is 0 Å². The lowest BCUT2D eigenvalue weighted by atomic mass is 10.3. The summed E-state index contributed by atoms with van der Waals surface area (Å²) in [5, 5.41) is 0.472. The molecule has 0 radical (unpaired) electrons. The van der Waals surface area contributed by atoms with Crippen LogP contribution in [0.15, 0.2) is 29.2 Å². The molecule has 2 heterocycles. The van der Waals surface area contributed by atoms with Gasteiger partial charge in [-0.15, -0.1) is 0 Å². The van der Waals surface area contributed by atoms with E-state index in [9.17, 15) is 8.42 Å². The second-order valence-corrected chi connectivity index (χ2v) is 7.76. The van der Waals surface area contributed by atoms with Gasteiger partial charge in [-0.3, -0.25) is 0 Å². The van der Waals surface area contributed by atoms with E-state index in [1.54, 1.807) is 28.6 Å². The van der Waals surface area contributed by atoms with Crippen LogP contribution in [0.25, 0.3) is 0 Å². The summed E-state index contributed by atoms with van der Waals surface area (Å²) in [6.45, 7) is 0.635. The highest BCUT2D eigenvalue weighted by Crippen LogP contribution is 2.41. The number of benzene rings is 1. The minimum atomic E-state index is -3.42. The maximum atomic E-state index is 12.6. The molecule has 1 aromatic rings. The third-order valence-electron chi connectivity index (χ3n) is 3.51. The molecule has 0 spiro atoms. The summed E-state index contributed by atoms with van der Waals surface area (Å²) < 4.78 is 32.1. The average molecular weight is 285 g/mol. The fourth-order valence-electron chi connectivity index (χ4n) is 2.62. The highest BCUT2D eigenvalue weighted by atomic mass is 32.2. The molecule has 2 aliphatic heterocycles. The molecule has 2 saturated heterocycles. The van der Waals surface area contributed by atoms with Crippen molar-refractivity contribution in [3.63, 3.8) is 0 Å². The Morgan fingerprint density at radius 2 is 2.17 bits per heavy atom. The van der Waals surface area contributed by atoms with Gasteiger partial charge in [0.1, 0.15) is 10.6 Å². The van der Waals surface area contributed by atoms with Crippen molar-refractivity contribution in [3.8, 4) is 5.75 Å². The Hall–Kier alpha value is -0.720. The van der Waals surface area contributed by atoms with Crippen molar-refractivity contribution in [2.45, 2.75) is 22.6 Å².